The summed E-state index contributed by atoms with van der Waals surface area (Å²) in [6, 6.07) is 12.1. The van der Waals surface area contributed by atoms with Crippen LogP contribution in [0.5, 0.6) is 5.88 Å². The lowest BCUT2D eigenvalue weighted by Gasteiger charge is -2.29. The number of carbonyl (C=O) groups is 1. The zero-order valence-corrected chi connectivity index (χ0v) is 17.9. The summed E-state index contributed by atoms with van der Waals surface area (Å²) in [5, 5.41) is 0.719. The molecule has 6 nitrogen and oxygen atoms in total. The molecule has 1 amide bonds. The summed E-state index contributed by atoms with van der Waals surface area (Å²) >= 11 is 6.09. The molecule has 7 heteroatoms. The van der Waals surface area contributed by atoms with Gasteiger partial charge in [-0.1, -0.05) is 29.8 Å². The van der Waals surface area contributed by atoms with Gasteiger partial charge in [0.05, 0.1) is 38.2 Å². The topological polar surface area (TPSA) is 67.7 Å². The molecule has 0 spiro atoms. The van der Waals surface area contributed by atoms with Crippen LogP contribution in [-0.4, -0.2) is 40.1 Å². The first-order valence-corrected chi connectivity index (χ1v) is 10.6. The van der Waals surface area contributed by atoms with Gasteiger partial charge in [-0.15, -0.1) is 0 Å². The van der Waals surface area contributed by atoms with Crippen molar-refractivity contribution in [1.82, 2.24) is 14.9 Å². The lowest BCUT2D eigenvalue weighted by atomic mass is 9.92. The zero-order chi connectivity index (χ0) is 21.4. The highest BCUT2D eigenvalue weighted by atomic mass is 35.5. The van der Waals surface area contributed by atoms with Crippen molar-refractivity contribution in [2.45, 2.75) is 25.9 Å². The lowest BCUT2D eigenvalue weighted by molar-refractivity contribution is -0.131. The number of halogens is 1. The first kappa shape index (κ1) is 19.7. The Kier molecular flexibility index (Phi) is 5.16. The Balaban J connectivity index is 1.37. The number of aromatic nitrogens is 2. The Labute approximate surface area is 185 Å². The minimum atomic E-state index is 0.162. The van der Waals surface area contributed by atoms with Crippen LogP contribution in [0.2, 0.25) is 5.02 Å². The molecule has 31 heavy (non-hydrogen) atoms. The van der Waals surface area contributed by atoms with E-state index in [1.54, 1.807) is 19.5 Å². The third-order valence-electron chi connectivity index (χ3n) is 5.78. The van der Waals surface area contributed by atoms with Crippen molar-refractivity contribution in [2.75, 3.05) is 13.7 Å². The van der Waals surface area contributed by atoms with E-state index < -0.39 is 0 Å². The number of amides is 1. The van der Waals surface area contributed by atoms with Gasteiger partial charge in [0.25, 0.3) is 0 Å². The standard InChI is InChI=1S/C24H21ClN4O2/c1-31-22-13-26-21(12-27-22)24-20-9-18-14-29(6-5-15-3-2-4-19(25)7-15)23(30)10-16(18)8-17(20)11-28-24/h2-4,7-9,12-13H,5-6,10-11,14H2,1H3. The van der Waals surface area contributed by atoms with Crippen LogP contribution in [0.15, 0.2) is 53.8 Å². The van der Waals surface area contributed by atoms with Crippen LogP contribution in [0.3, 0.4) is 0 Å². The molecule has 0 radical (unpaired) electrons. The number of rotatable bonds is 5. The molecular formula is C24H21ClN4O2. The third kappa shape index (κ3) is 3.91. The number of carbonyl (C=O) groups excluding carboxylic acids is 1. The molecule has 0 N–H and O–H groups in total. The van der Waals surface area contributed by atoms with E-state index in [1.165, 1.54) is 5.56 Å². The summed E-state index contributed by atoms with van der Waals surface area (Å²) in [5.41, 5.74) is 7.17. The maximum absolute atomic E-state index is 12.7. The molecule has 0 unspecified atom stereocenters. The lowest BCUT2D eigenvalue weighted by Crippen LogP contribution is -2.37. The van der Waals surface area contributed by atoms with E-state index in [0.29, 0.717) is 31.9 Å². The van der Waals surface area contributed by atoms with Crippen molar-refractivity contribution >= 4 is 23.2 Å². The number of benzene rings is 2. The Hall–Kier alpha value is -3.25. The van der Waals surface area contributed by atoms with Crippen LogP contribution in [0.1, 0.15) is 33.5 Å². The van der Waals surface area contributed by atoms with Gasteiger partial charge in [-0.05, 0) is 46.9 Å². The molecule has 1 aromatic heterocycles. The minimum Gasteiger partial charge on any atom is -0.480 e. The van der Waals surface area contributed by atoms with E-state index in [-0.39, 0.29) is 5.91 Å². The van der Waals surface area contributed by atoms with Crippen molar-refractivity contribution in [3.8, 4) is 5.88 Å². The van der Waals surface area contributed by atoms with Gasteiger partial charge >= 0.3 is 0 Å². The summed E-state index contributed by atoms with van der Waals surface area (Å²) in [7, 11) is 1.57. The fourth-order valence-corrected chi connectivity index (χ4v) is 4.36. The second-order valence-electron chi connectivity index (χ2n) is 7.76. The average molecular weight is 433 g/mol. The van der Waals surface area contributed by atoms with E-state index in [1.807, 2.05) is 29.2 Å². The maximum Gasteiger partial charge on any atom is 0.232 e. The Morgan fingerprint density at radius 3 is 2.77 bits per heavy atom. The summed E-state index contributed by atoms with van der Waals surface area (Å²) in [4.78, 5) is 28.0. The molecule has 0 bridgehead atoms. The number of nitrogens with zero attached hydrogens (tertiary/aromatic N) is 4. The first-order chi connectivity index (χ1) is 15.1. The molecule has 3 aromatic rings. The van der Waals surface area contributed by atoms with Gasteiger partial charge in [0.2, 0.25) is 11.8 Å². The average Bonchev–Trinajstić information content (AvgIpc) is 3.19. The molecule has 2 aliphatic heterocycles. The summed E-state index contributed by atoms with van der Waals surface area (Å²) < 4.78 is 5.10. The van der Waals surface area contributed by atoms with E-state index >= 15 is 0 Å². The van der Waals surface area contributed by atoms with E-state index in [2.05, 4.69) is 27.1 Å². The van der Waals surface area contributed by atoms with E-state index in [0.717, 1.165) is 45.1 Å². The highest BCUT2D eigenvalue weighted by molar-refractivity contribution is 6.30. The quantitative estimate of drug-likeness (QED) is 0.617. The van der Waals surface area contributed by atoms with Gasteiger partial charge in [-0.3, -0.25) is 9.79 Å². The molecule has 0 saturated carbocycles. The van der Waals surface area contributed by atoms with Gasteiger partial charge in [0, 0.05) is 23.7 Å². The molecule has 3 heterocycles. The molecule has 0 atom stereocenters. The molecule has 2 aromatic carbocycles. The molecular weight excluding hydrogens is 412 g/mol. The second kappa shape index (κ2) is 8.12. The van der Waals surface area contributed by atoms with Crippen molar-refractivity contribution < 1.29 is 9.53 Å². The molecule has 0 aliphatic carbocycles. The summed E-state index contributed by atoms with van der Waals surface area (Å²) in [6.07, 6.45) is 4.49. The molecule has 0 fully saturated rings. The normalized spacial score (nSPS) is 14.8. The van der Waals surface area contributed by atoms with Gasteiger partial charge in [0.1, 0.15) is 5.69 Å². The van der Waals surface area contributed by atoms with Gasteiger partial charge < -0.3 is 9.64 Å². The summed E-state index contributed by atoms with van der Waals surface area (Å²) in [6.45, 7) is 1.86. The monoisotopic (exact) mass is 432 g/mol. The van der Waals surface area contributed by atoms with Crippen LogP contribution < -0.4 is 4.74 Å². The molecule has 2 aliphatic rings. The Bertz CT molecular complexity index is 1190. The SMILES string of the molecule is COc1cnc(C2=NCc3cc4c(cc32)CN(CCc2cccc(Cl)c2)C(=O)C4)cn1. The largest absolute Gasteiger partial charge is 0.480 e. The van der Waals surface area contributed by atoms with Crippen LogP contribution in [-0.2, 0) is 30.7 Å². The number of hydrogen-bond donors (Lipinski definition) is 0. The Morgan fingerprint density at radius 2 is 2.00 bits per heavy atom. The van der Waals surface area contributed by atoms with Crippen molar-refractivity contribution in [1.29, 1.82) is 0 Å². The predicted octanol–water partition coefficient (Wildman–Crippen LogP) is 3.62. The maximum atomic E-state index is 12.7. The van der Waals surface area contributed by atoms with Crippen LogP contribution in [0.4, 0.5) is 0 Å². The summed E-state index contributed by atoms with van der Waals surface area (Å²) in [5.74, 6) is 0.636. The molecule has 0 saturated heterocycles. The second-order valence-corrected chi connectivity index (χ2v) is 8.20. The smallest absolute Gasteiger partial charge is 0.232 e. The zero-order valence-electron chi connectivity index (χ0n) is 17.1. The number of aliphatic imine (C=N–C) groups is 1. The van der Waals surface area contributed by atoms with Gasteiger partial charge in [-0.2, -0.15) is 0 Å². The number of ether oxygens (including phenoxy) is 1. The first-order valence-electron chi connectivity index (χ1n) is 10.2. The Morgan fingerprint density at radius 1 is 1.10 bits per heavy atom. The predicted molar refractivity (Wildman–Crippen MR) is 119 cm³/mol. The third-order valence-corrected chi connectivity index (χ3v) is 6.02. The fraction of sp³-hybridized carbons (Fsp3) is 0.250. The highest BCUT2D eigenvalue weighted by Gasteiger charge is 2.27. The van der Waals surface area contributed by atoms with Crippen LogP contribution in [0, 0.1) is 0 Å². The van der Waals surface area contributed by atoms with Crippen LogP contribution in [0.25, 0.3) is 0 Å². The number of fused-ring (bicyclic) bond motifs is 2. The van der Waals surface area contributed by atoms with E-state index in [9.17, 15) is 4.79 Å². The minimum absolute atomic E-state index is 0.162. The van der Waals surface area contributed by atoms with Gasteiger partial charge in [0.15, 0.2) is 0 Å². The van der Waals surface area contributed by atoms with Gasteiger partial charge in [-0.25, -0.2) is 9.97 Å². The molecule has 5 rings (SSSR count). The van der Waals surface area contributed by atoms with Crippen molar-refractivity contribution in [2.24, 2.45) is 4.99 Å². The molecule has 156 valence electrons. The highest BCUT2D eigenvalue weighted by Crippen LogP contribution is 2.29. The van der Waals surface area contributed by atoms with Crippen molar-refractivity contribution in [3.05, 3.63) is 87.3 Å². The van der Waals surface area contributed by atoms with Crippen LogP contribution >= 0.6 is 11.6 Å². The fourth-order valence-electron chi connectivity index (χ4n) is 4.14. The van der Waals surface area contributed by atoms with E-state index in [4.69, 9.17) is 16.3 Å². The number of hydrogen-bond acceptors (Lipinski definition) is 5. The number of methoxy groups -OCH3 is 1. The van der Waals surface area contributed by atoms with Crippen molar-refractivity contribution in [3.63, 3.8) is 0 Å².